The molecule has 7 atom stereocenters. The van der Waals surface area contributed by atoms with Crippen LogP contribution in [-0.2, 0) is 51.1 Å². The number of aliphatic hydroxyl groups is 2. The fourth-order valence-corrected chi connectivity index (χ4v) is 8.88. The average Bonchev–Trinajstić information content (AvgIpc) is 4.10. The highest BCUT2D eigenvalue weighted by molar-refractivity contribution is 5.96. The van der Waals surface area contributed by atoms with Crippen LogP contribution in [0.2, 0.25) is 0 Å². The molecule has 2 bridgehead atoms. The SMILES string of the molecule is CN(C(=O)[C@@]12C[C@H]3OC(=O)[C@@H]1N(Cc1cccc(C=COCCO)c1)O[C@@H]2[C@H]1OC(C2CC2)(C2CC2)O[C@H]13)[C@H](Cc1ccccc1)C(=O)NCCO. The second kappa shape index (κ2) is 14.2. The molecule has 0 radical (unpaired) electrons. The van der Waals surface area contributed by atoms with E-state index in [-0.39, 0.29) is 57.6 Å². The van der Waals surface area contributed by atoms with Gasteiger partial charge in [-0.25, -0.2) is 0 Å². The van der Waals surface area contributed by atoms with Gasteiger partial charge >= 0.3 is 5.97 Å². The molecule has 0 unspecified atom stereocenters. The molecule has 13 nitrogen and oxygen atoms in total. The first-order chi connectivity index (χ1) is 25.3. The average molecular weight is 718 g/mol. The molecule has 3 aliphatic heterocycles. The van der Waals surface area contributed by atoms with Gasteiger partial charge in [0.05, 0.1) is 26.0 Å². The van der Waals surface area contributed by atoms with Gasteiger partial charge in [-0.15, -0.1) is 0 Å². The zero-order valence-corrected chi connectivity index (χ0v) is 29.3. The third-order valence-corrected chi connectivity index (χ3v) is 11.5. The van der Waals surface area contributed by atoms with Crippen LogP contribution in [0.1, 0.15) is 48.8 Å². The summed E-state index contributed by atoms with van der Waals surface area (Å²) in [6.07, 6.45) is 4.78. The van der Waals surface area contributed by atoms with Crippen molar-refractivity contribution in [3.8, 4) is 0 Å². The van der Waals surface area contributed by atoms with Gasteiger partial charge in [-0.3, -0.25) is 19.2 Å². The second-order valence-corrected chi connectivity index (χ2v) is 14.9. The number of nitrogens with one attached hydrogen (secondary N) is 1. The molecule has 2 aromatic carbocycles. The Morgan fingerprint density at radius 2 is 1.75 bits per heavy atom. The van der Waals surface area contributed by atoms with Crippen molar-refractivity contribution in [3.63, 3.8) is 0 Å². The molecular formula is C39H47N3O10. The maximum Gasteiger partial charge on any atom is 0.327 e. The number of benzene rings is 2. The minimum Gasteiger partial charge on any atom is -0.499 e. The Labute approximate surface area is 302 Å². The molecule has 2 amide bonds. The van der Waals surface area contributed by atoms with Crippen molar-refractivity contribution in [2.45, 2.75) is 87.4 Å². The number of rotatable bonds is 15. The Bertz CT molecular complexity index is 1670. The Morgan fingerprint density at radius 1 is 1.02 bits per heavy atom. The summed E-state index contributed by atoms with van der Waals surface area (Å²) >= 11 is 0. The molecule has 6 fully saturated rings. The highest BCUT2D eigenvalue weighted by atomic mass is 16.8. The lowest BCUT2D eigenvalue weighted by atomic mass is 9.62. The molecule has 0 aromatic heterocycles. The molecule has 3 heterocycles. The quantitative estimate of drug-likeness (QED) is 0.141. The van der Waals surface area contributed by atoms with Crippen molar-refractivity contribution < 1.29 is 48.4 Å². The molecule has 0 spiro atoms. The smallest absolute Gasteiger partial charge is 0.327 e. The van der Waals surface area contributed by atoms with Crippen LogP contribution in [0.15, 0.2) is 60.9 Å². The maximum absolute atomic E-state index is 15.4. The van der Waals surface area contributed by atoms with E-state index in [1.807, 2.05) is 54.6 Å². The zero-order valence-electron chi connectivity index (χ0n) is 29.3. The molecule has 3 saturated heterocycles. The largest absolute Gasteiger partial charge is 0.499 e. The first-order valence-electron chi connectivity index (χ1n) is 18.5. The van der Waals surface area contributed by atoms with Crippen molar-refractivity contribution in [2.24, 2.45) is 17.3 Å². The summed E-state index contributed by atoms with van der Waals surface area (Å²) in [4.78, 5) is 51.6. The van der Waals surface area contributed by atoms with Crippen molar-refractivity contribution in [3.05, 3.63) is 77.5 Å². The van der Waals surface area contributed by atoms with Gasteiger partial charge in [0.15, 0.2) is 11.8 Å². The van der Waals surface area contributed by atoms with E-state index in [1.165, 1.54) is 11.2 Å². The van der Waals surface area contributed by atoms with Crippen molar-refractivity contribution >= 4 is 23.9 Å². The lowest BCUT2D eigenvalue weighted by molar-refractivity contribution is -0.235. The van der Waals surface area contributed by atoms with Crippen molar-refractivity contribution in [1.29, 1.82) is 0 Å². The first-order valence-corrected chi connectivity index (χ1v) is 18.5. The third-order valence-electron chi connectivity index (χ3n) is 11.5. The van der Waals surface area contributed by atoms with E-state index < -0.39 is 65.5 Å². The fraction of sp³-hybridized carbons (Fsp3) is 0.564. The molecule has 278 valence electrons. The molecule has 8 rings (SSSR count). The minimum atomic E-state index is -1.44. The minimum absolute atomic E-state index is 0.0367. The predicted molar refractivity (Wildman–Crippen MR) is 184 cm³/mol. The number of fused-ring (bicyclic) bond motifs is 4. The summed E-state index contributed by atoms with van der Waals surface area (Å²) in [6.45, 7) is 0.0430. The fourth-order valence-electron chi connectivity index (χ4n) is 8.88. The van der Waals surface area contributed by atoms with E-state index in [0.29, 0.717) is 0 Å². The van der Waals surface area contributed by atoms with Gasteiger partial charge < -0.3 is 39.4 Å². The van der Waals surface area contributed by atoms with E-state index in [2.05, 4.69) is 5.32 Å². The number of likely N-dealkylation sites (N-methyl/N-ethyl adjacent to an activating group) is 1. The third kappa shape index (κ3) is 6.20. The number of aliphatic hydroxyl groups excluding tert-OH is 2. The van der Waals surface area contributed by atoms with Gasteiger partial charge in [-0.05, 0) is 48.4 Å². The molecular weight excluding hydrogens is 670 g/mol. The van der Waals surface area contributed by atoms with Crippen LogP contribution in [0.5, 0.6) is 0 Å². The highest BCUT2D eigenvalue weighted by Gasteiger charge is 2.78. The van der Waals surface area contributed by atoms with E-state index in [4.69, 9.17) is 28.9 Å². The zero-order chi connectivity index (χ0) is 36.0. The van der Waals surface area contributed by atoms with E-state index >= 15 is 4.79 Å². The number of esters is 1. The van der Waals surface area contributed by atoms with Crippen LogP contribution in [0.4, 0.5) is 0 Å². The van der Waals surface area contributed by atoms with Gasteiger partial charge in [0.1, 0.15) is 42.5 Å². The maximum atomic E-state index is 15.4. The number of hydroxylamine groups is 2. The number of ether oxygens (including phenoxy) is 4. The normalized spacial score (nSPS) is 30.8. The first kappa shape index (κ1) is 35.2. The van der Waals surface area contributed by atoms with Gasteiger partial charge in [0.2, 0.25) is 11.8 Å². The van der Waals surface area contributed by atoms with Crippen molar-refractivity contribution in [2.75, 3.05) is 33.4 Å². The van der Waals surface area contributed by atoms with Crippen LogP contribution in [0.3, 0.4) is 0 Å². The second-order valence-electron chi connectivity index (χ2n) is 14.9. The summed E-state index contributed by atoms with van der Waals surface area (Å²) in [6, 6.07) is 15.0. The number of nitrogens with zero attached hydrogens (tertiary/aromatic N) is 2. The molecule has 2 aromatic rings. The number of carbonyl (C=O) groups is 3. The Balaban J connectivity index is 1.16. The molecule has 3 N–H and O–H groups in total. The van der Waals surface area contributed by atoms with Gasteiger partial charge in [0, 0.05) is 38.3 Å². The van der Waals surface area contributed by atoms with Crippen LogP contribution < -0.4 is 5.32 Å². The number of hydrogen-bond acceptors (Lipinski definition) is 11. The standard InChI is InChI=1S/C39H47N3O10/c1-41(29(35(45)40-15-16-43)21-24-6-3-2-4-7-24)37(47)38-22-30-31-32(51-39(50-31,27-10-11-27)28-12-13-28)34(38)52-42(33(38)36(46)49-30)23-26-9-5-8-25(20-26)14-18-48-19-17-44/h2-9,14,18,20,27-34,43-44H,10-13,15-17,19,21-23H2,1H3,(H,40,45)/t29-,30-,31+,32+,33+,34-,38+/m1/s1. The molecule has 52 heavy (non-hydrogen) atoms. The van der Waals surface area contributed by atoms with Gasteiger partial charge in [0.25, 0.3) is 0 Å². The van der Waals surface area contributed by atoms with Gasteiger partial charge in [-0.1, -0.05) is 54.6 Å². The van der Waals surface area contributed by atoms with Crippen LogP contribution in [0.25, 0.3) is 6.08 Å². The van der Waals surface area contributed by atoms with Crippen molar-refractivity contribution in [1.82, 2.24) is 15.3 Å². The lowest BCUT2D eigenvalue weighted by Gasteiger charge is -2.50. The van der Waals surface area contributed by atoms with Crippen LogP contribution in [0, 0.1) is 17.3 Å². The number of amides is 2. The topological polar surface area (TPSA) is 156 Å². The number of carbonyl (C=O) groups excluding carboxylic acids is 3. The van der Waals surface area contributed by atoms with Crippen LogP contribution >= 0.6 is 0 Å². The molecule has 3 saturated carbocycles. The summed E-state index contributed by atoms with van der Waals surface area (Å²) in [5.74, 6) is -1.69. The Morgan fingerprint density at radius 3 is 2.46 bits per heavy atom. The number of hydrogen-bond donors (Lipinski definition) is 3. The Hall–Kier alpha value is -3.85. The Kier molecular flexibility index (Phi) is 9.60. The lowest BCUT2D eigenvalue weighted by Crippen LogP contribution is -2.70. The molecule has 6 aliphatic rings. The summed E-state index contributed by atoms with van der Waals surface area (Å²) in [7, 11) is 1.60. The molecule has 3 aliphatic carbocycles. The van der Waals surface area contributed by atoms with Gasteiger partial charge in [-0.2, -0.15) is 5.06 Å². The molecule has 13 heteroatoms. The van der Waals surface area contributed by atoms with Crippen LogP contribution in [-0.4, -0.2) is 114 Å². The monoisotopic (exact) mass is 717 g/mol. The summed E-state index contributed by atoms with van der Waals surface area (Å²) in [5, 5.41) is 22.9. The van der Waals surface area contributed by atoms with E-state index in [9.17, 15) is 14.7 Å². The summed E-state index contributed by atoms with van der Waals surface area (Å²) in [5.41, 5.74) is 1.08. The summed E-state index contributed by atoms with van der Waals surface area (Å²) < 4.78 is 25.4. The highest BCUT2D eigenvalue weighted by Crippen LogP contribution is 2.64. The predicted octanol–water partition coefficient (Wildman–Crippen LogP) is 1.94. The van der Waals surface area contributed by atoms with E-state index in [1.54, 1.807) is 18.2 Å². The van der Waals surface area contributed by atoms with E-state index in [0.717, 1.165) is 42.4 Å².